The smallest absolute Gasteiger partial charge is 0.252 e. The van der Waals surface area contributed by atoms with Gasteiger partial charge < -0.3 is 15.5 Å². The lowest BCUT2D eigenvalue weighted by molar-refractivity contribution is 1.18. The molecule has 0 unspecified atom stereocenters. The summed E-state index contributed by atoms with van der Waals surface area (Å²) in [7, 11) is 1.50. The topological polar surface area (TPSA) is 32.5 Å². The largest absolute Gasteiger partial charge is 0.333 e. The first-order valence-corrected chi connectivity index (χ1v) is 21.6. The minimum atomic E-state index is 0.0875. The third kappa shape index (κ3) is 7.38. The van der Waals surface area contributed by atoms with Crippen LogP contribution in [0.15, 0.2) is 199 Å². The number of nitrogens with zero attached hydrogens (tertiary/aromatic N) is 2. The number of hydrogen-bond acceptors (Lipinski definition) is 3. The lowest BCUT2D eigenvalue weighted by Crippen LogP contribution is -2.61. The molecular weight excluding hydrogens is 737 g/mol. The van der Waals surface area contributed by atoms with E-state index in [9.17, 15) is 0 Å². The molecule has 0 spiro atoms. The van der Waals surface area contributed by atoms with Gasteiger partial charge >= 0.3 is 0 Å². The van der Waals surface area contributed by atoms with Gasteiger partial charge in [0.25, 0.3) is 6.71 Å². The highest BCUT2D eigenvalue weighted by atomic mass is 15.2. The molecule has 0 amide bonds. The number of allylic oxidation sites excluding steroid dienone is 12. The number of fused-ring (bicyclic) bond motifs is 7. The van der Waals surface area contributed by atoms with E-state index < -0.39 is 0 Å². The van der Waals surface area contributed by atoms with Crippen LogP contribution in [-0.4, -0.2) is 13.8 Å². The maximum absolute atomic E-state index is 4.50. The van der Waals surface area contributed by atoms with E-state index in [0.717, 1.165) is 24.9 Å². The third-order valence-corrected chi connectivity index (χ3v) is 12.2. The fraction of sp³-hybridized carbons (Fsp3) is 0.123. The van der Waals surface area contributed by atoms with E-state index in [1.165, 1.54) is 102 Å². The molecule has 0 fully saturated rings. The first kappa shape index (κ1) is 39.6. The van der Waals surface area contributed by atoms with Crippen LogP contribution in [0.2, 0.25) is 0 Å². The number of rotatable bonds is 8. The second-order valence-electron chi connectivity index (χ2n) is 16.0. The van der Waals surface area contributed by atoms with Crippen LogP contribution in [0.1, 0.15) is 48.9 Å². The number of benzene rings is 6. The number of hydrogen-bond donors (Lipinski definition) is 1. The van der Waals surface area contributed by atoms with E-state index in [0.29, 0.717) is 0 Å². The first-order valence-electron chi connectivity index (χ1n) is 21.6. The van der Waals surface area contributed by atoms with Crippen molar-refractivity contribution in [2.45, 2.75) is 40.0 Å². The monoisotopic (exact) mass is 789 g/mol. The molecule has 3 nitrogen and oxygen atoms in total. The fourth-order valence-electron chi connectivity index (χ4n) is 9.54. The van der Waals surface area contributed by atoms with Gasteiger partial charge in [0.05, 0.1) is 0 Å². The maximum atomic E-state index is 4.50. The Kier molecular flexibility index (Phi) is 11.3. The lowest BCUT2D eigenvalue weighted by atomic mass is 9.33. The van der Waals surface area contributed by atoms with Crippen molar-refractivity contribution in [2.75, 3.05) is 16.8 Å². The molecule has 61 heavy (non-hydrogen) atoms. The van der Waals surface area contributed by atoms with Gasteiger partial charge in [-0.1, -0.05) is 146 Å². The van der Waals surface area contributed by atoms with Gasteiger partial charge in [-0.3, -0.25) is 0 Å². The van der Waals surface area contributed by atoms with E-state index in [-0.39, 0.29) is 6.71 Å². The van der Waals surface area contributed by atoms with Crippen LogP contribution in [0.5, 0.6) is 0 Å². The Morgan fingerprint density at radius 2 is 1.48 bits per heavy atom. The second-order valence-corrected chi connectivity index (χ2v) is 16.0. The molecule has 4 heteroatoms. The molecule has 0 bridgehead atoms. The molecule has 6 aromatic carbocycles. The van der Waals surface area contributed by atoms with Crippen LogP contribution in [-0.2, 0) is 6.42 Å². The Bertz CT molecular complexity index is 2850. The molecule has 2 aliphatic heterocycles. The van der Waals surface area contributed by atoms with Crippen LogP contribution < -0.4 is 31.9 Å². The Balaban J connectivity index is 0.00000235. The molecule has 0 saturated heterocycles. The summed E-state index contributed by atoms with van der Waals surface area (Å²) in [6, 6.07) is 45.9. The molecule has 298 valence electrons. The van der Waals surface area contributed by atoms with Crippen LogP contribution >= 0.6 is 0 Å². The zero-order chi connectivity index (χ0) is 41.9. The molecule has 2 aliphatic carbocycles. The molecule has 2 heterocycles. The minimum absolute atomic E-state index is 0.0875. The summed E-state index contributed by atoms with van der Waals surface area (Å²) in [6.45, 7) is 6.57. The van der Waals surface area contributed by atoms with E-state index in [1.807, 2.05) is 0 Å². The second kappa shape index (κ2) is 17.4. The van der Waals surface area contributed by atoms with Gasteiger partial charge in [0, 0.05) is 34.1 Å². The van der Waals surface area contributed by atoms with Crippen molar-refractivity contribution < 1.29 is 0 Å². The number of nitrogens with two attached hydrogens (primary N) is 1. The Hall–Kier alpha value is -6.88. The van der Waals surface area contributed by atoms with E-state index >= 15 is 0 Å². The molecular formula is C57H52BN3. The standard InChI is InChI=1S/C56H47BN2.CH5N/c1-4-17-46(5-2)58-52-25-16-15-24-50(52)57-51-33-26-41(21-12-8-11-20-40-18-9-6-7-10-19-40)36-53(51)59(55-35-39(3)34-54(58)56(55)57)47-31-29-42(30-32-47)43-27-28-45-37-44-22-13-14-23-48(44)49(45)38-43;1-2/h4-6,8-19,21-36,38H,7,20,37H2,1-3H3;2H2,1H3/b11-8-,17-4-,21-12-,46-5+;. The van der Waals surface area contributed by atoms with Gasteiger partial charge in [-0.15, -0.1) is 0 Å². The summed E-state index contributed by atoms with van der Waals surface area (Å²) in [4.78, 5) is 4.99. The van der Waals surface area contributed by atoms with E-state index in [2.05, 4.69) is 231 Å². The highest BCUT2D eigenvalue weighted by Crippen LogP contribution is 2.44. The number of anilines is 5. The van der Waals surface area contributed by atoms with Crippen LogP contribution in [0.3, 0.4) is 0 Å². The first-order chi connectivity index (χ1) is 30.1. The van der Waals surface area contributed by atoms with Crippen LogP contribution in [0.4, 0.5) is 28.4 Å². The van der Waals surface area contributed by atoms with Crippen molar-refractivity contribution in [3.05, 3.63) is 222 Å². The molecule has 0 saturated carbocycles. The Morgan fingerprint density at radius 1 is 0.705 bits per heavy atom. The fourth-order valence-corrected chi connectivity index (χ4v) is 9.54. The van der Waals surface area contributed by atoms with Gasteiger partial charge in [-0.05, 0) is 162 Å². The zero-order valence-corrected chi connectivity index (χ0v) is 35.6. The SMILES string of the molecule is C/C=C\C(=C/C)N1c2ccccc2B2c3ccc(/C=C\C=C/CC4=CC=CCC=C4)cc3N(c3ccc(-c4ccc5c(c4)-c4ccccc4C5)cc3)c3cc(C)cc1c32.CN. The molecule has 0 atom stereocenters. The highest BCUT2D eigenvalue weighted by Gasteiger charge is 2.43. The molecule has 0 radical (unpaired) electrons. The molecule has 0 aromatic heterocycles. The third-order valence-electron chi connectivity index (χ3n) is 12.2. The normalized spacial score (nSPS) is 14.7. The van der Waals surface area contributed by atoms with Crippen LogP contribution in [0, 0.1) is 6.92 Å². The van der Waals surface area contributed by atoms with Crippen molar-refractivity contribution in [1.82, 2.24) is 0 Å². The van der Waals surface area contributed by atoms with Gasteiger partial charge in [-0.2, -0.15) is 0 Å². The van der Waals surface area contributed by atoms with E-state index in [1.54, 1.807) is 0 Å². The summed E-state index contributed by atoms with van der Waals surface area (Å²) in [5.74, 6) is 0. The van der Waals surface area contributed by atoms with Crippen molar-refractivity contribution in [1.29, 1.82) is 0 Å². The molecule has 6 aromatic rings. The van der Waals surface area contributed by atoms with E-state index in [4.69, 9.17) is 0 Å². The lowest BCUT2D eigenvalue weighted by Gasteiger charge is -2.44. The predicted octanol–water partition coefficient (Wildman–Crippen LogP) is 12.4. The summed E-state index contributed by atoms with van der Waals surface area (Å²) in [5.41, 5.74) is 27.5. The Morgan fingerprint density at radius 3 is 2.33 bits per heavy atom. The molecule has 10 rings (SSSR count). The highest BCUT2D eigenvalue weighted by molar-refractivity contribution is 7.00. The summed E-state index contributed by atoms with van der Waals surface area (Å²) in [6.07, 6.45) is 29.4. The minimum Gasteiger partial charge on any atom is -0.333 e. The Labute approximate surface area is 362 Å². The van der Waals surface area contributed by atoms with Crippen LogP contribution in [0.25, 0.3) is 28.3 Å². The number of aryl methyl sites for hydroxylation is 1. The maximum Gasteiger partial charge on any atom is 0.252 e. The predicted molar refractivity (Wildman–Crippen MR) is 265 cm³/mol. The summed E-state index contributed by atoms with van der Waals surface area (Å²) >= 11 is 0. The van der Waals surface area contributed by atoms with Crippen molar-refractivity contribution in [3.8, 4) is 22.3 Å². The molecule has 4 aliphatic rings. The quantitative estimate of drug-likeness (QED) is 0.123. The summed E-state index contributed by atoms with van der Waals surface area (Å²) < 4.78 is 0. The number of para-hydroxylation sites is 1. The van der Waals surface area contributed by atoms with Gasteiger partial charge in [0.1, 0.15) is 0 Å². The zero-order valence-electron chi connectivity index (χ0n) is 35.6. The van der Waals surface area contributed by atoms with Gasteiger partial charge in [0.15, 0.2) is 0 Å². The molecule has 2 N–H and O–H groups in total. The van der Waals surface area contributed by atoms with Crippen molar-refractivity contribution >= 4 is 57.6 Å². The van der Waals surface area contributed by atoms with Crippen molar-refractivity contribution in [3.63, 3.8) is 0 Å². The van der Waals surface area contributed by atoms with Gasteiger partial charge in [0.2, 0.25) is 0 Å². The summed E-state index contributed by atoms with van der Waals surface area (Å²) in [5, 5.41) is 0. The van der Waals surface area contributed by atoms with Crippen molar-refractivity contribution in [2.24, 2.45) is 5.73 Å². The van der Waals surface area contributed by atoms with Gasteiger partial charge in [-0.25, -0.2) is 0 Å². The average molecular weight is 790 g/mol. The average Bonchev–Trinajstić information content (AvgIpc) is 3.46.